The number of aryl methyl sites for hydroxylation is 2. The molecule has 2 aromatic rings. The Bertz CT molecular complexity index is 663. The molecule has 0 saturated carbocycles. The van der Waals surface area contributed by atoms with E-state index in [2.05, 4.69) is 6.07 Å². The number of hydrogen-bond acceptors (Lipinski definition) is 3. The Balaban J connectivity index is 2.42. The maximum atomic E-state index is 10.1. The maximum absolute atomic E-state index is 10.1. The highest BCUT2D eigenvalue weighted by Crippen LogP contribution is 2.34. The van der Waals surface area contributed by atoms with Crippen LogP contribution in [0.1, 0.15) is 41.7 Å². The lowest BCUT2D eigenvalue weighted by Gasteiger charge is -2.17. The van der Waals surface area contributed by atoms with Gasteiger partial charge in [-0.3, -0.25) is 0 Å². The van der Waals surface area contributed by atoms with Crippen molar-refractivity contribution in [3.05, 3.63) is 58.7 Å². The minimum absolute atomic E-state index is 0.541. The highest BCUT2D eigenvalue weighted by atomic mass is 16.5. The minimum atomic E-state index is -0.541. The third-order valence-corrected chi connectivity index (χ3v) is 3.47. The smallest absolute Gasteiger partial charge is 0.133 e. The lowest BCUT2D eigenvalue weighted by molar-refractivity contribution is 0.170. The summed E-state index contributed by atoms with van der Waals surface area (Å²) in [6.45, 7) is 5.77. The molecule has 21 heavy (non-hydrogen) atoms. The van der Waals surface area contributed by atoms with E-state index in [-0.39, 0.29) is 0 Å². The zero-order valence-electron chi connectivity index (χ0n) is 12.6. The monoisotopic (exact) mass is 281 g/mol. The number of nitriles is 1. The summed E-state index contributed by atoms with van der Waals surface area (Å²) < 4.78 is 6.02. The maximum Gasteiger partial charge on any atom is 0.133 e. The van der Waals surface area contributed by atoms with Gasteiger partial charge in [0.05, 0.1) is 17.7 Å². The fraction of sp³-hybridized carbons (Fsp3) is 0.278. The standard InChI is InChI=1S/C18H19NO2/c1-4-16(20)15-7-5-6-8-17(15)21-18-12(2)9-14(11-19)10-13(18)3/h5-10,16,20H,4H2,1-3H3/t16-/m1/s1. The van der Waals surface area contributed by atoms with Crippen molar-refractivity contribution in [1.29, 1.82) is 5.26 Å². The number of aliphatic hydroxyl groups is 1. The normalized spacial score (nSPS) is 11.8. The largest absolute Gasteiger partial charge is 0.456 e. The Morgan fingerprint density at radius 2 is 1.81 bits per heavy atom. The number of benzene rings is 2. The summed E-state index contributed by atoms with van der Waals surface area (Å²) in [4.78, 5) is 0. The third kappa shape index (κ3) is 3.24. The molecule has 0 unspecified atom stereocenters. The van der Waals surface area contributed by atoms with Crippen LogP contribution in [-0.2, 0) is 0 Å². The second-order valence-electron chi connectivity index (χ2n) is 5.11. The lowest BCUT2D eigenvalue weighted by Crippen LogP contribution is -2.00. The van der Waals surface area contributed by atoms with Gasteiger partial charge in [0.2, 0.25) is 0 Å². The molecular weight excluding hydrogens is 262 g/mol. The summed E-state index contributed by atoms with van der Waals surface area (Å²) >= 11 is 0. The van der Waals surface area contributed by atoms with Gasteiger partial charge in [0.1, 0.15) is 11.5 Å². The van der Waals surface area contributed by atoms with Gasteiger partial charge in [-0.15, -0.1) is 0 Å². The Kier molecular flexibility index (Phi) is 4.62. The van der Waals surface area contributed by atoms with Gasteiger partial charge in [-0.1, -0.05) is 25.1 Å². The van der Waals surface area contributed by atoms with Crippen LogP contribution in [0, 0.1) is 25.2 Å². The van der Waals surface area contributed by atoms with E-state index in [0.29, 0.717) is 17.7 Å². The van der Waals surface area contributed by atoms with Gasteiger partial charge in [-0.05, 0) is 49.6 Å². The molecular formula is C18H19NO2. The quantitative estimate of drug-likeness (QED) is 0.903. The van der Waals surface area contributed by atoms with Crippen LogP contribution in [0.2, 0.25) is 0 Å². The van der Waals surface area contributed by atoms with Crippen LogP contribution in [0.15, 0.2) is 36.4 Å². The number of nitrogens with zero attached hydrogens (tertiary/aromatic N) is 1. The van der Waals surface area contributed by atoms with Crippen molar-refractivity contribution in [2.24, 2.45) is 0 Å². The Morgan fingerprint density at radius 3 is 2.38 bits per heavy atom. The molecule has 0 heterocycles. The fourth-order valence-corrected chi connectivity index (χ4v) is 2.35. The second-order valence-corrected chi connectivity index (χ2v) is 5.11. The van der Waals surface area contributed by atoms with Crippen molar-refractivity contribution in [3.8, 4) is 17.6 Å². The molecule has 0 aliphatic carbocycles. The average Bonchev–Trinajstić information content (AvgIpc) is 2.50. The molecule has 2 rings (SSSR count). The van der Waals surface area contributed by atoms with Crippen LogP contribution < -0.4 is 4.74 Å². The van der Waals surface area contributed by atoms with E-state index in [1.165, 1.54) is 0 Å². The molecule has 0 spiro atoms. The van der Waals surface area contributed by atoms with Gasteiger partial charge < -0.3 is 9.84 Å². The molecule has 0 aromatic heterocycles. The molecule has 108 valence electrons. The lowest BCUT2D eigenvalue weighted by atomic mass is 10.0. The van der Waals surface area contributed by atoms with E-state index in [1.807, 2.05) is 45.0 Å². The first-order chi connectivity index (χ1) is 10.1. The van der Waals surface area contributed by atoms with Crippen LogP contribution in [0.3, 0.4) is 0 Å². The zero-order chi connectivity index (χ0) is 15.4. The average molecular weight is 281 g/mol. The third-order valence-electron chi connectivity index (χ3n) is 3.47. The SMILES string of the molecule is CC[C@@H](O)c1ccccc1Oc1c(C)cc(C#N)cc1C. The van der Waals surface area contributed by atoms with E-state index in [1.54, 1.807) is 12.1 Å². The first-order valence-electron chi connectivity index (χ1n) is 7.03. The molecule has 3 heteroatoms. The van der Waals surface area contributed by atoms with E-state index in [4.69, 9.17) is 10.00 Å². The molecule has 3 nitrogen and oxygen atoms in total. The first-order valence-corrected chi connectivity index (χ1v) is 7.03. The molecule has 0 fully saturated rings. The molecule has 0 aliphatic heterocycles. The van der Waals surface area contributed by atoms with E-state index in [0.717, 1.165) is 22.4 Å². The minimum Gasteiger partial charge on any atom is -0.456 e. The summed E-state index contributed by atoms with van der Waals surface area (Å²) in [5.41, 5.74) is 3.22. The molecule has 1 atom stereocenters. The summed E-state index contributed by atoms with van der Waals surface area (Å²) in [5, 5.41) is 19.1. The Hall–Kier alpha value is -2.31. The summed E-state index contributed by atoms with van der Waals surface area (Å²) in [5.74, 6) is 1.40. The van der Waals surface area contributed by atoms with E-state index >= 15 is 0 Å². The van der Waals surface area contributed by atoms with Crippen molar-refractivity contribution in [2.45, 2.75) is 33.3 Å². The fourth-order valence-electron chi connectivity index (χ4n) is 2.35. The number of aliphatic hydroxyl groups excluding tert-OH is 1. The molecule has 0 amide bonds. The summed E-state index contributed by atoms with van der Waals surface area (Å²) in [6.07, 6.45) is 0.0892. The summed E-state index contributed by atoms with van der Waals surface area (Å²) in [6, 6.07) is 13.3. The molecule has 0 bridgehead atoms. The Labute approximate surface area is 125 Å². The molecule has 0 saturated heterocycles. The number of ether oxygens (including phenoxy) is 1. The van der Waals surface area contributed by atoms with Crippen molar-refractivity contribution in [2.75, 3.05) is 0 Å². The predicted molar refractivity (Wildman–Crippen MR) is 82.4 cm³/mol. The predicted octanol–water partition coefficient (Wildman–Crippen LogP) is 4.41. The van der Waals surface area contributed by atoms with Crippen molar-refractivity contribution in [3.63, 3.8) is 0 Å². The van der Waals surface area contributed by atoms with Crippen LogP contribution >= 0.6 is 0 Å². The van der Waals surface area contributed by atoms with Gasteiger partial charge in [-0.2, -0.15) is 5.26 Å². The van der Waals surface area contributed by atoms with Gasteiger partial charge in [0, 0.05) is 5.56 Å². The van der Waals surface area contributed by atoms with Crippen LogP contribution in [-0.4, -0.2) is 5.11 Å². The number of hydrogen-bond donors (Lipinski definition) is 1. The molecule has 2 aromatic carbocycles. The second kappa shape index (κ2) is 6.43. The van der Waals surface area contributed by atoms with Crippen LogP contribution in [0.5, 0.6) is 11.5 Å². The number of para-hydroxylation sites is 1. The Morgan fingerprint density at radius 1 is 1.19 bits per heavy atom. The van der Waals surface area contributed by atoms with Gasteiger partial charge >= 0.3 is 0 Å². The molecule has 0 radical (unpaired) electrons. The van der Waals surface area contributed by atoms with E-state index in [9.17, 15) is 5.11 Å². The van der Waals surface area contributed by atoms with Gasteiger partial charge in [0.25, 0.3) is 0 Å². The summed E-state index contributed by atoms with van der Waals surface area (Å²) in [7, 11) is 0. The van der Waals surface area contributed by atoms with Crippen molar-refractivity contribution >= 4 is 0 Å². The zero-order valence-corrected chi connectivity index (χ0v) is 12.6. The highest BCUT2D eigenvalue weighted by molar-refractivity contribution is 5.50. The van der Waals surface area contributed by atoms with Crippen molar-refractivity contribution in [1.82, 2.24) is 0 Å². The van der Waals surface area contributed by atoms with Gasteiger partial charge in [-0.25, -0.2) is 0 Å². The van der Waals surface area contributed by atoms with Crippen LogP contribution in [0.25, 0.3) is 0 Å². The number of rotatable bonds is 4. The first kappa shape index (κ1) is 15.1. The van der Waals surface area contributed by atoms with Crippen molar-refractivity contribution < 1.29 is 9.84 Å². The molecule has 1 N–H and O–H groups in total. The highest BCUT2D eigenvalue weighted by Gasteiger charge is 2.14. The van der Waals surface area contributed by atoms with Crippen LogP contribution in [0.4, 0.5) is 0 Å². The van der Waals surface area contributed by atoms with Gasteiger partial charge in [0.15, 0.2) is 0 Å². The topological polar surface area (TPSA) is 53.2 Å². The van der Waals surface area contributed by atoms with E-state index < -0.39 is 6.10 Å². The molecule has 0 aliphatic rings.